The van der Waals surface area contributed by atoms with Crippen molar-refractivity contribution >= 4 is 0 Å². The van der Waals surface area contributed by atoms with Gasteiger partial charge >= 0.3 is 0 Å². The third-order valence-electron chi connectivity index (χ3n) is 1.90. The van der Waals surface area contributed by atoms with Crippen LogP contribution in [0.1, 0.15) is 5.56 Å². The second-order valence-electron chi connectivity index (χ2n) is 2.91. The highest BCUT2D eigenvalue weighted by atomic mass is 15.2. The van der Waals surface area contributed by atoms with Crippen molar-refractivity contribution in [1.29, 1.82) is 5.26 Å². The molecule has 0 unspecified atom stereocenters. The van der Waals surface area contributed by atoms with Crippen LogP contribution in [0.2, 0.25) is 0 Å². The molecule has 0 bridgehead atoms. The zero-order valence-corrected chi connectivity index (χ0v) is 7.68. The summed E-state index contributed by atoms with van der Waals surface area (Å²) < 4.78 is 1.63. The molecule has 0 saturated heterocycles. The Bertz CT molecular complexity index is 479. The van der Waals surface area contributed by atoms with E-state index in [0.29, 0.717) is 11.3 Å². The normalized spacial score (nSPS) is 9.71. The summed E-state index contributed by atoms with van der Waals surface area (Å²) in [5.74, 6) is 0. The average Bonchev–Trinajstić information content (AvgIpc) is 2.61. The van der Waals surface area contributed by atoms with Crippen LogP contribution < -0.4 is 0 Å². The van der Waals surface area contributed by atoms with Crippen LogP contribution in [0.5, 0.6) is 0 Å². The molecule has 0 amide bonds. The van der Waals surface area contributed by atoms with E-state index in [1.165, 1.54) is 0 Å². The summed E-state index contributed by atoms with van der Waals surface area (Å²) in [4.78, 5) is 3.92. The number of hydrogen-bond donors (Lipinski definition) is 0. The van der Waals surface area contributed by atoms with E-state index in [1.807, 2.05) is 12.1 Å². The highest BCUT2D eigenvalue weighted by Crippen LogP contribution is 2.19. The molecule has 0 saturated carbocycles. The van der Waals surface area contributed by atoms with Crippen molar-refractivity contribution in [2.24, 2.45) is 7.05 Å². The number of rotatable bonds is 1. The van der Waals surface area contributed by atoms with Gasteiger partial charge in [-0.3, -0.25) is 9.67 Å². The quantitative estimate of drug-likeness (QED) is 0.672. The molecule has 14 heavy (non-hydrogen) atoms. The van der Waals surface area contributed by atoms with E-state index in [9.17, 15) is 0 Å². The molecule has 0 aromatic carbocycles. The molecule has 0 radical (unpaired) electrons. The number of hydrogen-bond acceptors (Lipinski definition) is 3. The maximum Gasteiger partial charge on any atom is 0.110 e. The lowest BCUT2D eigenvalue weighted by atomic mass is 10.1. The summed E-state index contributed by atoms with van der Waals surface area (Å²) in [6.07, 6.45) is 5.08. The first-order chi connectivity index (χ1) is 6.81. The van der Waals surface area contributed by atoms with Gasteiger partial charge in [-0.2, -0.15) is 10.4 Å². The summed E-state index contributed by atoms with van der Waals surface area (Å²) in [5.41, 5.74) is 2.20. The second-order valence-corrected chi connectivity index (χ2v) is 2.91. The smallest absolute Gasteiger partial charge is 0.110 e. The van der Waals surface area contributed by atoms with Crippen molar-refractivity contribution in [3.05, 3.63) is 36.3 Å². The van der Waals surface area contributed by atoms with Gasteiger partial charge in [0.15, 0.2) is 0 Å². The number of aryl methyl sites for hydroxylation is 1. The molecule has 2 rings (SSSR count). The van der Waals surface area contributed by atoms with Gasteiger partial charge < -0.3 is 0 Å². The van der Waals surface area contributed by atoms with Crippen molar-refractivity contribution < 1.29 is 0 Å². The van der Waals surface area contributed by atoms with Gasteiger partial charge in [0, 0.05) is 31.2 Å². The highest BCUT2D eigenvalue weighted by molar-refractivity contribution is 5.65. The van der Waals surface area contributed by atoms with Gasteiger partial charge in [-0.15, -0.1) is 0 Å². The first-order valence-corrected chi connectivity index (χ1v) is 4.15. The SMILES string of the molecule is Cn1cc(C#N)c(-c2ccncc2)n1. The number of aromatic nitrogens is 3. The lowest BCUT2D eigenvalue weighted by Gasteiger charge is -1.94. The van der Waals surface area contributed by atoms with E-state index in [2.05, 4.69) is 16.2 Å². The Hall–Kier alpha value is -2.15. The lowest BCUT2D eigenvalue weighted by Crippen LogP contribution is -1.87. The van der Waals surface area contributed by atoms with Crippen LogP contribution in [0.4, 0.5) is 0 Å². The van der Waals surface area contributed by atoms with Gasteiger partial charge in [-0.1, -0.05) is 0 Å². The van der Waals surface area contributed by atoms with Gasteiger partial charge in [0.2, 0.25) is 0 Å². The number of pyridine rings is 1. The van der Waals surface area contributed by atoms with Crippen molar-refractivity contribution in [3.63, 3.8) is 0 Å². The van der Waals surface area contributed by atoms with Crippen molar-refractivity contribution in [3.8, 4) is 17.3 Å². The summed E-state index contributed by atoms with van der Waals surface area (Å²) in [5, 5.41) is 13.1. The average molecular weight is 184 g/mol. The van der Waals surface area contributed by atoms with Crippen molar-refractivity contribution in [2.75, 3.05) is 0 Å². The molecule has 68 valence electrons. The van der Waals surface area contributed by atoms with E-state index >= 15 is 0 Å². The second kappa shape index (κ2) is 3.30. The summed E-state index contributed by atoms with van der Waals surface area (Å²) in [7, 11) is 1.80. The first kappa shape index (κ1) is 8.45. The van der Waals surface area contributed by atoms with Gasteiger partial charge in [0.05, 0.1) is 5.56 Å². The van der Waals surface area contributed by atoms with Gasteiger partial charge in [-0.25, -0.2) is 0 Å². The molecule has 2 heterocycles. The fourth-order valence-corrected chi connectivity index (χ4v) is 1.29. The van der Waals surface area contributed by atoms with Crippen LogP contribution >= 0.6 is 0 Å². The summed E-state index contributed by atoms with van der Waals surface area (Å²) >= 11 is 0. The molecule has 4 heteroatoms. The Balaban J connectivity index is 2.58. The Kier molecular flexibility index (Phi) is 1.99. The molecule has 2 aromatic rings. The molecule has 0 spiro atoms. The van der Waals surface area contributed by atoms with Crippen LogP contribution in [-0.4, -0.2) is 14.8 Å². The van der Waals surface area contributed by atoms with Crippen LogP contribution in [0.3, 0.4) is 0 Å². The number of nitriles is 1. The maximum absolute atomic E-state index is 8.87. The minimum absolute atomic E-state index is 0.582. The third-order valence-corrected chi connectivity index (χ3v) is 1.90. The Labute approximate surface area is 81.4 Å². The topological polar surface area (TPSA) is 54.5 Å². The van der Waals surface area contributed by atoms with E-state index in [1.54, 1.807) is 30.3 Å². The van der Waals surface area contributed by atoms with E-state index in [0.717, 1.165) is 5.56 Å². The van der Waals surface area contributed by atoms with Crippen LogP contribution in [0, 0.1) is 11.3 Å². The maximum atomic E-state index is 8.87. The van der Waals surface area contributed by atoms with E-state index in [-0.39, 0.29) is 0 Å². The molecular weight excluding hydrogens is 176 g/mol. The number of nitrogens with zero attached hydrogens (tertiary/aromatic N) is 4. The highest BCUT2D eigenvalue weighted by Gasteiger charge is 2.08. The Morgan fingerprint density at radius 1 is 1.36 bits per heavy atom. The van der Waals surface area contributed by atoms with Gasteiger partial charge in [0.1, 0.15) is 11.8 Å². The largest absolute Gasteiger partial charge is 0.274 e. The molecule has 2 aromatic heterocycles. The molecule has 0 fully saturated rings. The monoisotopic (exact) mass is 184 g/mol. The van der Waals surface area contributed by atoms with Crippen LogP contribution in [-0.2, 0) is 7.05 Å². The predicted octanol–water partition coefficient (Wildman–Crippen LogP) is 1.35. The molecule has 0 aliphatic heterocycles. The lowest BCUT2D eigenvalue weighted by molar-refractivity contribution is 0.770. The van der Waals surface area contributed by atoms with Crippen molar-refractivity contribution in [1.82, 2.24) is 14.8 Å². The van der Waals surface area contributed by atoms with Crippen LogP contribution in [0.25, 0.3) is 11.3 Å². The minimum atomic E-state index is 0.582. The summed E-state index contributed by atoms with van der Waals surface area (Å²) in [6, 6.07) is 5.78. The molecule has 0 atom stereocenters. The fraction of sp³-hybridized carbons (Fsp3) is 0.100. The molecule has 0 aliphatic carbocycles. The third kappa shape index (κ3) is 1.36. The van der Waals surface area contributed by atoms with Gasteiger partial charge in [-0.05, 0) is 12.1 Å². The minimum Gasteiger partial charge on any atom is -0.274 e. The first-order valence-electron chi connectivity index (χ1n) is 4.15. The predicted molar refractivity (Wildman–Crippen MR) is 51.2 cm³/mol. The standard InChI is InChI=1S/C10H8N4/c1-14-7-9(6-11)10(13-14)8-2-4-12-5-3-8/h2-5,7H,1H3. The molecule has 0 aliphatic rings. The Morgan fingerprint density at radius 2 is 2.07 bits per heavy atom. The van der Waals surface area contributed by atoms with Gasteiger partial charge in [0.25, 0.3) is 0 Å². The molecular formula is C10H8N4. The van der Waals surface area contributed by atoms with Crippen LogP contribution in [0.15, 0.2) is 30.7 Å². The fourth-order valence-electron chi connectivity index (χ4n) is 1.29. The van der Waals surface area contributed by atoms with Crippen molar-refractivity contribution in [2.45, 2.75) is 0 Å². The Morgan fingerprint density at radius 3 is 2.71 bits per heavy atom. The van der Waals surface area contributed by atoms with E-state index in [4.69, 9.17) is 5.26 Å². The zero-order chi connectivity index (χ0) is 9.97. The molecule has 4 nitrogen and oxygen atoms in total. The summed E-state index contributed by atoms with van der Waals surface area (Å²) in [6.45, 7) is 0. The molecule has 0 N–H and O–H groups in total. The zero-order valence-electron chi connectivity index (χ0n) is 7.68. The van der Waals surface area contributed by atoms with E-state index < -0.39 is 0 Å².